The molecule has 1 aliphatic carbocycles. The number of aromatic amines is 2. The summed E-state index contributed by atoms with van der Waals surface area (Å²) in [6.45, 7) is 1.77. The zero-order chi connectivity index (χ0) is 23.1. The van der Waals surface area contributed by atoms with Gasteiger partial charge in [0.2, 0.25) is 5.91 Å². The highest BCUT2D eigenvalue weighted by molar-refractivity contribution is 7.18. The van der Waals surface area contributed by atoms with Gasteiger partial charge in [0.05, 0.1) is 5.39 Å². The van der Waals surface area contributed by atoms with Crippen molar-refractivity contribution >= 4 is 39.7 Å². The van der Waals surface area contributed by atoms with Gasteiger partial charge in [-0.2, -0.15) is 5.21 Å². The Bertz CT molecular complexity index is 1280. The molecule has 0 saturated carbocycles. The fourth-order valence-electron chi connectivity index (χ4n) is 4.89. The number of hydrogen-bond acceptors (Lipinski definition) is 11. The van der Waals surface area contributed by atoms with E-state index in [-0.39, 0.29) is 17.4 Å². The van der Waals surface area contributed by atoms with E-state index in [1.54, 1.807) is 22.7 Å². The molecule has 0 aromatic carbocycles. The molecule has 0 radical (unpaired) electrons. The lowest BCUT2D eigenvalue weighted by Crippen LogP contribution is -2.44. The maximum Gasteiger partial charge on any atom is 0.302 e. The summed E-state index contributed by atoms with van der Waals surface area (Å²) in [5.74, 6) is 1.31. The van der Waals surface area contributed by atoms with E-state index in [1.165, 1.54) is 22.0 Å². The predicted octanol–water partition coefficient (Wildman–Crippen LogP) is 0.658. The van der Waals surface area contributed by atoms with Crippen LogP contribution in [0.3, 0.4) is 0 Å². The molecule has 1 saturated heterocycles. The molecule has 3 aromatic rings. The number of amides is 1. The summed E-state index contributed by atoms with van der Waals surface area (Å²) in [6.07, 6.45) is 7.88. The average Bonchev–Trinajstić information content (AvgIpc) is 3.62. The number of tetrazole rings is 1. The van der Waals surface area contributed by atoms with Gasteiger partial charge in [-0.15, -0.1) is 32.2 Å². The van der Waals surface area contributed by atoms with E-state index in [0.29, 0.717) is 32.0 Å². The summed E-state index contributed by atoms with van der Waals surface area (Å²) in [5.41, 5.74) is 4.17. The van der Waals surface area contributed by atoms with Gasteiger partial charge in [-0.3, -0.25) is 14.6 Å². The molecular formula is C20H25N11O2S. The number of thiophene rings is 1. The van der Waals surface area contributed by atoms with Crippen molar-refractivity contribution in [1.82, 2.24) is 46.0 Å². The second kappa shape index (κ2) is 8.76. The molecule has 13 nitrogen and oxygen atoms in total. The highest BCUT2D eigenvalue weighted by Crippen LogP contribution is 2.35. The maximum absolute atomic E-state index is 12.9. The van der Waals surface area contributed by atoms with Crippen LogP contribution in [-0.4, -0.2) is 72.4 Å². The second-order valence-electron chi connectivity index (χ2n) is 8.80. The van der Waals surface area contributed by atoms with Gasteiger partial charge in [0.1, 0.15) is 17.0 Å². The van der Waals surface area contributed by atoms with E-state index in [0.717, 1.165) is 48.1 Å². The van der Waals surface area contributed by atoms with Crippen LogP contribution in [0.25, 0.3) is 10.2 Å². The van der Waals surface area contributed by atoms with Gasteiger partial charge in [-0.25, -0.2) is 4.98 Å². The van der Waals surface area contributed by atoms with Gasteiger partial charge in [-0.1, -0.05) is 5.10 Å². The first-order valence-electron chi connectivity index (χ1n) is 11.6. The second-order valence-corrected chi connectivity index (χ2v) is 9.88. The molecule has 0 unspecified atom stereocenters. The fourth-order valence-corrected chi connectivity index (χ4v) is 6.16. The van der Waals surface area contributed by atoms with E-state index >= 15 is 0 Å². The molecule has 34 heavy (non-hydrogen) atoms. The lowest BCUT2D eigenvalue weighted by molar-refractivity contribution is -0.132. The third-order valence-electron chi connectivity index (χ3n) is 6.70. The number of hydrogen-bond donors (Lipinski definition) is 3. The van der Waals surface area contributed by atoms with Gasteiger partial charge < -0.3 is 9.88 Å². The molecule has 1 fully saturated rings. The SMILES string of the molecule is O=C(CCN1C=NN(c2nn[nH]n2)N1)N1CCC(c2nc3sc4c(c3c(=O)[nH]2)CCCC4)CC1. The van der Waals surface area contributed by atoms with Gasteiger partial charge >= 0.3 is 5.95 Å². The number of nitrogens with zero attached hydrogens (tertiary/aromatic N) is 8. The summed E-state index contributed by atoms with van der Waals surface area (Å²) in [4.78, 5) is 37.6. The normalized spacial score (nSPS) is 18.8. The van der Waals surface area contributed by atoms with E-state index in [2.05, 4.69) is 36.2 Å². The highest BCUT2D eigenvalue weighted by atomic mass is 32.1. The predicted molar refractivity (Wildman–Crippen MR) is 125 cm³/mol. The van der Waals surface area contributed by atoms with Gasteiger partial charge in [-0.05, 0) is 49.3 Å². The number of carbonyl (C=O) groups is 1. The number of piperidine rings is 1. The van der Waals surface area contributed by atoms with Crippen molar-refractivity contribution in [2.75, 3.05) is 24.8 Å². The molecular weight excluding hydrogens is 458 g/mol. The van der Waals surface area contributed by atoms with Crippen molar-refractivity contribution in [1.29, 1.82) is 0 Å². The number of H-pyrrole nitrogens is 2. The first kappa shape index (κ1) is 21.2. The number of rotatable bonds is 5. The first-order chi connectivity index (χ1) is 16.7. The van der Waals surface area contributed by atoms with Crippen molar-refractivity contribution in [3.8, 4) is 0 Å². The lowest BCUT2D eigenvalue weighted by Gasteiger charge is -2.32. The van der Waals surface area contributed by atoms with Crippen LogP contribution in [0, 0.1) is 0 Å². The highest BCUT2D eigenvalue weighted by Gasteiger charge is 2.28. The van der Waals surface area contributed by atoms with Crippen LogP contribution in [0.4, 0.5) is 5.95 Å². The third kappa shape index (κ3) is 3.92. The lowest BCUT2D eigenvalue weighted by atomic mass is 9.95. The average molecular weight is 484 g/mol. The molecule has 1 amide bonds. The van der Waals surface area contributed by atoms with Crippen LogP contribution in [0.5, 0.6) is 0 Å². The van der Waals surface area contributed by atoms with Crippen LogP contribution in [0.15, 0.2) is 9.90 Å². The number of carbonyl (C=O) groups excluding carboxylic acids is 1. The van der Waals surface area contributed by atoms with Crippen molar-refractivity contribution in [3.05, 3.63) is 26.6 Å². The Labute approximate surface area is 198 Å². The van der Waals surface area contributed by atoms with E-state index in [9.17, 15) is 9.59 Å². The number of aryl methyl sites for hydroxylation is 2. The monoisotopic (exact) mass is 483 g/mol. The minimum absolute atomic E-state index is 0.00690. The smallest absolute Gasteiger partial charge is 0.302 e. The zero-order valence-electron chi connectivity index (χ0n) is 18.5. The van der Waals surface area contributed by atoms with Crippen molar-refractivity contribution in [3.63, 3.8) is 0 Å². The number of aromatic nitrogens is 6. The summed E-state index contributed by atoms with van der Waals surface area (Å²) in [5, 5.41) is 21.5. The Morgan fingerprint density at radius 2 is 2.06 bits per heavy atom. The number of hydrazone groups is 1. The molecule has 2 aliphatic heterocycles. The Morgan fingerprint density at radius 3 is 2.88 bits per heavy atom. The van der Waals surface area contributed by atoms with Gasteiger partial charge in [0.15, 0.2) is 0 Å². The fraction of sp³-hybridized carbons (Fsp3) is 0.550. The van der Waals surface area contributed by atoms with Crippen LogP contribution in [0.2, 0.25) is 0 Å². The third-order valence-corrected chi connectivity index (χ3v) is 7.88. The zero-order valence-corrected chi connectivity index (χ0v) is 19.3. The summed E-state index contributed by atoms with van der Waals surface area (Å²) >= 11 is 1.68. The quantitative estimate of drug-likeness (QED) is 0.475. The Morgan fingerprint density at radius 1 is 1.21 bits per heavy atom. The van der Waals surface area contributed by atoms with Crippen LogP contribution < -0.4 is 16.2 Å². The number of nitrogens with one attached hydrogen (secondary N) is 3. The van der Waals surface area contributed by atoms with Crippen LogP contribution in [-0.2, 0) is 17.6 Å². The van der Waals surface area contributed by atoms with E-state index < -0.39 is 0 Å². The molecule has 5 heterocycles. The Kier molecular flexibility index (Phi) is 5.45. The Hall–Kier alpha value is -3.39. The molecule has 3 aromatic heterocycles. The van der Waals surface area contributed by atoms with Crippen LogP contribution in [0.1, 0.15) is 54.3 Å². The molecule has 3 N–H and O–H groups in total. The van der Waals surface area contributed by atoms with Crippen molar-refractivity contribution < 1.29 is 4.79 Å². The number of hydrazine groups is 2. The summed E-state index contributed by atoms with van der Waals surface area (Å²) < 4.78 is 0. The Balaban J connectivity index is 1.04. The number of fused-ring (bicyclic) bond motifs is 3. The maximum atomic E-state index is 12.9. The molecule has 6 rings (SSSR count). The largest absolute Gasteiger partial charge is 0.343 e. The first-order valence-corrected chi connectivity index (χ1v) is 12.4. The minimum atomic E-state index is -0.00690. The molecule has 3 aliphatic rings. The van der Waals surface area contributed by atoms with E-state index in [4.69, 9.17) is 4.98 Å². The van der Waals surface area contributed by atoms with E-state index in [1.807, 2.05) is 4.90 Å². The summed E-state index contributed by atoms with van der Waals surface area (Å²) in [6, 6.07) is 0. The topological polar surface area (TPSA) is 151 Å². The van der Waals surface area contributed by atoms with Gasteiger partial charge in [0, 0.05) is 36.9 Å². The summed E-state index contributed by atoms with van der Waals surface area (Å²) in [7, 11) is 0. The van der Waals surface area contributed by atoms with Crippen molar-refractivity contribution in [2.24, 2.45) is 5.10 Å². The molecule has 0 spiro atoms. The van der Waals surface area contributed by atoms with Crippen LogP contribution >= 0.6 is 11.3 Å². The minimum Gasteiger partial charge on any atom is -0.343 e. The molecule has 0 atom stereocenters. The number of likely N-dealkylation sites (tertiary alicyclic amines) is 1. The van der Waals surface area contributed by atoms with Crippen molar-refractivity contribution in [2.45, 2.75) is 50.9 Å². The molecule has 14 heteroatoms. The molecule has 178 valence electrons. The standard InChI is InChI=1S/C20H25N11O2S/c32-15(7-10-30-11-21-31(28-30)20-24-26-27-25-20)29-8-5-12(6-9-29)17-22-18(33)16-13-3-1-2-4-14(13)34-19(16)23-17/h11-12,28H,1-10H2,(H,22,23,33)(H,24,25,26,27). The molecule has 0 bridgehead atoms. The number of anilines is 1. The van der Waals surface area contributed by atoms with Gasteiger partial charge in [0.25, 0.3) is 5.56 Å².